The summed E-state index contributed by atoms with van der Waals surface area (Å²) < 4.78 is 8.04. The van der Waals surface area contributed by atoms with Gasteiger partial charge in [-0.05, 0) is 52.4 Å². The predicted molar refractivity (Wildman–Crippen MR) is 101 cm³/mol. The molecule has 140 valence electrons. The van der Waals surface area contributed by atoms with Gasteiger partial charge in [0.05, 0.1) is 24.1 Å². The lowest BCUT2D eigenvalue weighted by Crippen LogP contribution is -2.44. The molecule has 0 aliphatic carbocycles. The molecule has 0 spiro atoms. The van der Waals surface area contributed by atoms with E-state index < -0.39 is 0 Å². The van der Waals surface area contributed by atoms with Crippen molar-refractivity contribution in [2.24, 2.45) is 0 Å². The highest BCUT2D eigenvalue weighted by Crippen LogP contribution is 2.26. The van der Waals surface area contributed by atoms with Gasteiger partial charge in [0, 0.05) is 24.9 Å². The molecule has 2 fully saturated rings. The predicted octanol–water partition coefficient (Wildman–Crippen LogP) is 3.56. The van der Waals surface area contributed by atoms with Crippen LogP contribution in [0.5, 0.6) is 0 Å². The first-order valence-electron chi connectivity index (χ1n) is 9.67. The average Bonchev–Trinajstić information content (AvgIpc) is 3.23. The van der Waals surface area contributed by atoms with Crippen molar-refractivity contribution >= 4 is 17.7 Å². The molecule has 5 nitrogen and oxygen atoms in total. The molecule has 0 radical (unpaired) electrons. The van der Waals surface area contributed by atoms with Crippen molar-refractivity contribution in [3.8, 4) is 0 Å². The van der Waals surface area contributed by atoms with Gasteiger partial charge >= 0.3 is 0 Å². The Hall–Kier alpha value is -1.01. The third kappa shape index (κ3) is 4.40. The number of aromatic nitrogens is 2. The summed E-state index contributed by atoms with van der Waals surface area (Å²) in [4.78, 5) is 19.5. The van der Waals surface area contributed by atoms with Gasteiger partial charge in [-0.2, -0.15) is 0 Å². The van der Waals surface area contributed by atoms with E-state index in [0.717, 1.165) is 62.7 Å². The zero-order valence-electron chi connectivity index (χ0n) is 15.8. The Morgan fingerprint density at radius 3 is 2.84 bits per heavy atom. The van der Waals surface area contributed by atoms with E-state index in [1.165, 1.54) is 12.1 Å². The minimum atomic E-state index is 0.263. The van der Waals surface area contributed by atoms with Crippen molar-refractivity contribution in [3.05, 3.63) is 11.4 Å². The number of imidazole rings is 1. The van der Waals surface area contributed by atoms with Crippen LogP contribution < -0.4 is 0 Å². The van der Waals surface area contributed by atoms with Crippen LogP contribution in [0, 0.1) is 13.8 Å². The summed E-state index contributed by atoms with van der Waals surface area (Å²) in [6, 6.07) is 0.428. The van der Waals surface area contributed by atoms with E-state index in [-0.39, 0.29) is 12.0 Å². The van der Waals surface area contributed by atoms with Crippen LogP contribution in [-0.4, -0.2) is 51.4 Å². The Kier molecular flexibility index (Phi) is 6.44. The molecule has 0 saturated carbocycles. The van der Waals surface area contributed by atoms with Gasteiger partial charge < -0.3 is 14.2 Å². The fourth-order valence-corrected chi connectivity index (χ4v) is 4.89. The fourth-order valence-electron chi connectivity index (χ4n) is 3.90. The number of likely N-dealkylation sites (tertiary alicyclic amines) is 1. The first kappa shape index (κ1) is 18.8. The highest BCUT2D eigenvalue weighted by atomic mass is 32.2. The third-order valence-electron chi connectivity index (χ3n) is 5.58. The molecular formula is C19H31N3O2S. The molecule has 2 saturated heterocycles. The number of carbonyl (C=O) groups excluding carboxylic acids is 1. The number of aryl methyl sites for hydroxylation is 1. The fraction of sp³-hybridized carbons (Fsp3) is 0.789. The van der Waals surface area contributed by atoms with Crippen LogP contribution in [0.4, 0.5) is 0 Å². The van der Waals surface area contributed by atoms with Gasteiger partial charge in [-0.15, -0.1) is 0 Å². The Balaban J connectivity index is 1.64. The number of ether oxygens (including phenoxy) is 1. The molecule has 0 bridgehead atoms. The lowest BCUT2D eigenvalue weighted by molar-refractivity contribution is -0.132. The molecule has 2 unspecified atom stereocenters. The van der Waals surface area contributed by atoms with Gasteiger partial charge in [0.25, 0.3) is 0 Å². The Labute approximate surface area is 155 Å². The second-order valence-corrected chi connectivity index (χ2v) is 8.19. The third-order valence-corrected chi connectivity index (χ3v) is 6.54. The van der Waals surface area contributed by atoms with Crippen molar-refractivity contribution in [2.45, 2.75) is 83.1 Å². The number of piperidine rings is 1. The lowest BCUT2D eigenvalue weighted by Gasteiger charge is -2.35. The monoisotopic (exact) mass is 365 g/mol. The Morgan fingerprint density at radius 1 is 1.28 bits per heavy atom. The van der Waals surface area contributed by atoms with Crippen LogP contribution in [0.15, 0.2) is 5.16 Å². The van der Waals surface area contributed by atoms with Gasteiger partial charge in [0.2, 0.25) is 5.91 Å². The highest BCUT2D eigenvalue weighted by molar-refractivity contribution is 7.99. The molecule has 2 atom stereocenters. The normalized spacial score (nSPS) is 24.0. The number of hydrogen-bond acceptors (Lipinski definition) is 4. The first-order valence-corrected chi connectivity index (χ1v) is 10.7. The van der Waals surface area contributed by atoms with Crippen LogP contribution in [0.2, 0.25) is 0 Å². The number of carbonyl (C=O) groups is 1. The second kappa shape index (κ2) is 8.58. The number of nitrogens with zero attached hydrogens (tertiary/aromatic N) is 3. The summed E-state index contributed by atoms with van der Waals surface area (Å²) in [5.41, 5.74) is 2.24. The van der Waals surface area contributed by atoms with Crippen molar-refractivity contribution in [1.29, 1.82) is 0 Å². The van der Waals surface area contributed by atoms with E-state index in [1.807, 2.05) is 6.92 Å². The van der Waals surface area contributed by atoms with Gasteiger partial charge in [0.15, 0.2) is 5.16 Å². The summed E-state index contributed by atoms with van der Waals surface area (Å²) in [7, 11) is 0. The Morgan fingerprint density at radius 2 is 2.12 bits per heavy atom. The van der Waals surface area contributed by atoms with Gasteiger partial charge in [-0.1, -0.05) is 18.7 Å². The number of rotatable bonds is 6. The van der Waals surface area contributed by atoms with Crippen LogP contribution >= 0.6 is 11.8 Å². The van der Waals surface area contributed by atoms with E-state index in [1.54, 1.807) is 11.8 Å². The molecule has 6 heteroatoms. The summed E-state index contributed by atoms with van der Waals surface area (Å²) >= 11 is 1.58. The minimum absolute atomic E-state index is 0.263. The van der Waals surface area contributed by atoms with Crippen LogP contribution in [-0.2, 0) is 16.1 Å². The smallest absolute Gasteiger partial charge is 0.233 e. The minimum Gasteiger partial charge on any atom is -0.376 e. The standard InChI is InChI=1S/C19H31N3O2S/c1-4-16-8-5-6-10-21(16)18(23)13-25-19-20-14(2)15(3)22(19)12-17-9-7-11-24-17/h16-17H,4-13H2,1-3H3. The molecule has 3 rings (SSSR count). The number of amides is 1. The van der Waals surface area contributed by atoms with Crippen molar-refractivity contribution in [1.82, 2.24) is 14.5 Å². The van der Waals surface area contributed by atoms with E-state index in [4.69, 9.17) is 9.72 Å². The molecule has 1 aromatic heterocycles. The molecule has 2 aliphatic rings. The molecule has 1 amide bonds. The molecular weight excluding hydrogens is 334 g/mol. The van der Waals surface area contributed by atoms with E-state index in [0.29, 0.717) is 11.8 Å². The highest BCUT2D eigenvalue weighted by Gasteiger charge is 2.26. The summed E-state index contributed by atoms with van der Waals surface area (Å²) in [5.74, 6) is 0.747. The largest absolute Gasteiger partial charge is 0.376 e. The topological polar surface area (TPSA) is 47.4 Å². The molecule has 1 aromatic rings. The first-order chi connectivity index (χ1) is 12.1. The van der Waals surface area contributed by atoms with Crippen molar-refractivity contribution in [2.75, 3.05) is 18.9 Å². The van der Waals surface area contributed by atoms with Crippen LogP contribution in [0.1, 0.15) is 56.8 Å². The zero-order chi connectivity index (χ0) is 17.8. The quantitative estimate of drug-likeness (QED) is 0.723. The van der Waals surface area contributed by atoms with Crippen molar-refractivity contribution in [3.63, 3.8) is 0 Å². The van der Waals surface area contributed by atoms with E-state index >= 15 is 0 Å². The molecule has 25 heavy (non-hydrogen) atoms. The number of hydrogen-bond donors (Lipinski definition) is 0. The maximum atomic E-state index is 12.7. The zero-order valence-corrected chi connectivity index (χ0v) is 16.6. The van der Waals surface area contributed by atoms with Crippen LogP contribution in [0.3, 0.4) is 0 Å². The SMILES string of the molecule is CCC1CCCCN1C(=O)CSc1nc(C)c(C)n1CC1CCCO1. The number of thioether (sulfide) groups is 1. The molecule has 0 aromatic carbocycles. The van der Waals surface area contributed by atoms with Crippen LogP contribution in [0.25, 0.3) is 0 Å². The van der Waals surface area contributed by atoms with Gasteiger partial charge in [-0.25, -0.2) is 4.98 Å². The lowest BCUT2D eigenvalue weighted by atomic mass is 10.0. The molecule has 3 heterocycles. The Bertz CT molecular complexity index is 596. The van der Waals surface area contributed by atoms with Gasteiger partial charge in [-0.3, -0.25) is 4.79 Å². The maximum Gasteiger partial charge on any atom is 0.233 e. The maximum absolute atomic E-state index is 12.7. The summed E-state index contributed by atoms with van der Waals surface area (Å²) in [6.45, 7) is 8.98. The second-order valence-electron chi connectivity index (χ2n) is 7.24. The van der Waals surface area contributed by atoms with Crippen molar-refractivity contribution < 1.29 is 9.53 Å². The summed E-state index contributed by atoms with van der Waals surface area (Å²) in [6.07, 6.45) is 7.14. The molecule has 2 aliphatic heterocycles. The summed E-state index contributed by atoms with van der Waals surface area (Å²) in [5, 5.41) is 0.962. The van der Waals surface area contributed by atoms with E-state index in [9.17, 15) is 4.79 Å². The average molecular weight is 366 g/mol. The van der Waals surface area contributed by atoms with E-state index in [2.05, 4.69) is 23.3 Å². The van der Waals surface area contributed by atoms with Gasteiger partial charge in [0.1, 0.15) is 0 Å². The molecule has 0 N–H and O–H groups in total.